The Balaban J connectivity index is 2.09. The Morgan fingerprint density at radius 3 is 2.08 bits per heavy atom. The van der Waals surface area contributed by atoms with Crippen molar-refractivity contribution in [2.24, 2.45) is 0 Å². The van der Waals surface area contributed by atoms with Gasteiger partial charge in [-0.05, 0) is 35.1 Å². The summed E-state index contributed by atoms with van der Waals surface area (Å²) in [7, 11) is 0. The van der Waals surface area contributed by atoms with E-state index in [4.69, 9.17) is 19.2 Å². The first-order valence-corrected chi connectivity index (χ1v) is 7.58. The number of hydrogen-bond acceptors (Lipinski definition) is 1. The molecule has 120 valence electrons. The van der Waals surface area contributed by atoms with Crippen LogP contribution in [0.5, 0.6) is 0 Å². The molecule has 0 N–H and O–H groups in total. The van der Waals surface area contributed by atoms with Crippen LogP contribution < -0.4 is 0 Å². The van der Waals surface area contributed by atoms with E-state index >= 15 is 0 Å². The normalized spacial score (nSPS) is 25.8. The molecule has 0 unspecified atom stereocenters. The van der Waals surface area contributed by atoms with Crippen LogP contribution in [0, 0.1) is 0 Å². The maximum atomic E-state index is 9.10. The SMILES string of the molecule is [2H]c1c([2H])c([2H])c(C([2H])([2H])N([C@@H]2CCc3ccccc32)C([2H])([2H])c2c([2H])c([2H])c([2H])c([2H])c2[2H])c([2H])c1[2H]. The van der Waals surface area contributed by atoms with E-state index in [9.17, 15) is 0 Å². The molecule has 0 aliphatic heterocycles. The summed E-state index contributed by atoms with van der Waals surface area (Å²) in [4.78, 5) is 0.646. The highest BCUT2D eigenvalue weighted by atomic mass is 15.2. The molecule has 0 radical (unpaired) electrons. The third-order valence-electron chi connectivity index (χ3n) is 3.88. The van der Waals surface area contributed by atoms with Gasteiger partial charge in [0, 0.05) is 24.5 Å². The van der Waals surface area contributed by atoms with Crippen molar-refractivity contribution >= 4 is 0 Å². The molecule has 1 heteroatoms. The Kier molecular flexibility index (Phi) is 1.80. The van der Waals surface area contributed by atoms with E-state index < -0.39 is 90.6 Å². The molecule has 1 nitrogen and oxygen atoms in total. The maximum Gasteiger partial charge on any atom is 0.0626 e. The minimum Gasteiger partial charge on any atom is -0.288 e. The summed E-state index contributed by atoms with van der Waals surface area (Å²) in [5, 5.41) is 0. The van der Waals surface area contributed by atoms with Crippen LogP contribution in [0.25, 0.3) is 0 Å². The van der Waals surface area contributed by atoms with Crippen molar-refractivity contribution in [2.45, 2.75) is 31.9 Å². The molecule has 1 aliphatic rings. The summed E-state index contributed by atoms with van der Waals surface area (Å²) in [6, 6.07) is -2.35. The van der Waals surface area contributed by atoms with E-state index in [1.807, 2.05) is 0 Å². The highest BCUT2D eigenvalue weighted by Gasteiger charge is 2.27. The van der Waals surface area contributed by atoms with Crippen molar-refractivity contribution < 1.29 is 19.2 Å². The topological polar surface area (TPSA) is 3.24 Å². The molecule has 0 aromatic heterocycles. The van der Waals surface area contributed by atoms with Gasteiger partial charge in [0.2, 0.25) is 0 Å². The monoisotopic (exact) mass is 327 g/mol. The lowest BCUT2D eigenvalue weighted by Crippen LogP contribution is -2.26. The average molecular weight is 328 g/mol. The van der Waals surface area contributed by atoms with Gasteiger partial charge in [-0.1, -0.05) is 84.7 Å². The van der Waals surface area contributed by atoms with Gasteiger partial charge in [-0.3, -0.25) is 4.90 Å². The Morgan fingerprint density at radius 2 is 1.46 bits per heavy atom. The van der Waals surface area contributed by atoms with Gasteiger partial charge in [-0.2, -0.15) is 0 Å². The fourth-order valence-electron chi connectivity index (χ4n) is 2.84. The number of hydrogen-bond donors (Lipinski definition) is 0. The molecule has 0 bridgehead atoms. The largest absolute Gasteiger partial charge is 0.288 e. The van der Waals surface area contributed by atoms with E-state index in [2.05, 4.69) is 0 Å². The van der Waals surface area contributed by atoms with Crippen molar-refractivity contribution in [3.8, 4) is 0 Å². The molecule has 4 rings (SSSR count). The molecule has 0 heterocycles. The van der Waals surface area contributed by atoms with Gasteiger partial charge in [0.15, 0.2) is 0 Å². The second kappa shape index (κ2) is 7.02. The van der Waals surface area contributed by atoms with Crippen molar-refractivity contribution in [1.82, 2.24) is 4.90 Å². The van der Waals surface area contributed by atoms with Crippen LogP contribution >= 0.6 is 0 Å². The average Bonchev–Trinajstić information content (AvgIpc) is 3.26. The van der Waals surface area contributed by atoms with Crippen molar-refractivity contribution in [3.05, 3.63) is 107 Å². The lowest BCUT2D eigenvalue weighted by Gasteiger charge is -2.30. The van der Waals surface area contributed by atoms with Gasteiger partial charge in [0.05, 0.1) is 13.7 Å². The maximum absolute atomic E-state index is 9.10. The lowest BCUT2D eigenvalue weighted by molar-refractivity contribution is 0.178. The molecule has 24 heavy (non-hydrogen) atoms. The zero-order valence-corrected chi connectivity index (χ0v) is 12.7. The number of fused-ring (bicyclic) bond motifs is 1. The molecular weight excluding hydrogens is 290 g/mol. The minimum atomic E-state index is -3.10. The first-order valence-electron chi connectivity index (χ1n) is 14.6. The predicted molar refractivity (Wildman–Crippen MR) is 99.6 cm³/mol. The van der Waals surface area contributed by atoms with E-state index in [1.165, 1.54) is 0 Å². The number of benzene rings is 3. The zero-order chi connectivity index (χ0) is 28.5. The number of aryl methyl sites for hydroxylation is 1. The van der Waals surface area contributed by atoms with Crippen molar-refractivity contribution in [3.63, 3.8) is 0 Å². The summed E-state index contributed by atoms with van der Waals surface area (Å²) < 4.78 is 118. The van der Waals surface area contributed by atoms with E-state index in [1.54, 1.807) is 24.3 Å². The summed E-state index contributed by atoms with van der Waals surface area (Å²) in [5.74, 6) is 0. The molecule has 3 aromatic rings. The third kappa shape index (κ3) is 3.27. The molecule has 0 saturated carbocycles. The van der Waals surface area contributed by atoms with Crippen LogP contribution in [0.15, 0.2) is 84.7 Å². The molecule has 0 spiro atoms. The Morgan fingerprint density at radius 1 is 0.875 bits per heavy atom. The van der Waals surface area contributed by atoms with Crippen LogP contribution in [0.3, 0.4) is 0 Å². The lowest BCUT2D eigenvalue weighted by atomic mass is 10.0. The molecule has 0 amide bonds. The van der Waals surface area contributed by atoms with Gasteiger partial charge < -0.3 is 0 Å². The second-order valence-electron chi connectivity index (χ2n) is 5.35. The van der Waals surface area contributed by atoms with Crippen LogP contribution in [0.1, 0.15) is 53.9 Å². The Labute approximate surface area is 164 Å². The molecular formula is C23H23N. The van der Waals surface area contributed by atoms with Crippen molar-refractivity contribution in [2.75, 3.05) is 0 Å². The molecule has 3 aromatic carbocycles. The summed E-state index contributed by atoms with van der Waals surface area (Å²) in [5.41, 5.74) is -0.315. The first-order chi connectivity index (χ1) is 17.6. The number of nitrogens with zero attached hydrogens (tertiary/aromatic N) is 1. The zero-order valence-electron chi connectivity index (χ0n) is 26.7. The van der Waals surface area contributed by atoms with Crippen LogP contribution in [0.4, 0.5) is 0 Å². The molecule has 0 fully saturated rings. The van der Waals surface area contributed by atoms with Crippen LogP contribution in [0.2, 0.25) is 0 Å². The fourth-order valence-corrected chi connectivity index (χ4v) is 2.84. The molecule has 0 saturated heterocycles. The fraction of sp³-hybridized carbons (Fsp3) is 0.217. The van der Waals surface area contributed by atoms with Gasteiger partial charge in [0.1, 0.15) is 0 Å². The summed E-state index contributed by atoms with van der Waals surface area (Å²) in [6.45, 7) is -6.19. The standard InChI is InChI=1S/C23H23N/c1-3-9-19(10-4-1)17-24(18-20-11-5-2-6-12-20)23-16-15-21-13-7-8-14-22(21)23/h1-14,23H,15-18H2/t23-/m1/s1/i1D,2D,3D,4D,5D,6D,9D,10D,11D,12D,17D2,18D2. The van der Waals surface area contributed by atoms with Gasteiger partial charge in [-0.15, -0.1) is 0 Å². The summed E-state index contributed by atoms with van der Waals surface area (Å²) in [6.07, 6.45) is 0.597. The van der Waals surface area contributed by atoms with Crippen LogP contribution in [-0.4, -0.2) is 4.90 Å². The third-order valence-corrected chi connectivity index (χ3v) is 3.88. The second-order valence-corrected chi connectivity index (χ2v) is 5.35. The Bertz CT molecular complexity index is 1310. The molecule has 1 atom stereocenters. The number of rotatable bonds is 5. The highest BCUT2D eigenvalue weighted by molar-refractivity contribution is 5.35. The Hall–Kier alpha value is -2.38. The van der Waals surface area contributed by atoms with Gasteiger partial charge >= 0.3 is 0 Å². The van der Waals surface area contributed by atoms with E-state index in [0.29, 0.717) is 16.9 Å². The highest BCUT2D eigenvalue weighted by Crippen LogP contribution is 2.37. The van der Waals surface area contributed by atoms with Gasteiger partial charge in [-0.25, -0.2) is 0 Å². The quantitative estimate of drug-likeness (QED) is 0.608. The van der Waals surface area contributed by atoms with E-state index in [0.717, 1.165) is 5.56 Å². The summed E-state index contributed by atoms with van der Waals surface area (Å²) >= 11 is 0. The smallest absolute Gasteiger partial charge is 0.0626 e. The minimum absolute atomic E-state index is 0.176. The first kappa shape index (κ1) is 6.16. The van der Waals surface area contributed by atoms with Gasteiger partial charge in [0.25, 0.3) is 0 Å². The van der Waals surface area contributed by atoms with Crippen molar-refractivity contribution in [1.29, 1.82) is 0 Å². The van der Waals surface area contributed by atoms with Crippen LogP contribution in [-0.2, 0) is 19.4 Å². The predicted octanol–water partition coefficient (Wildman–Crippen LogP) is 5.38. The molecule has 1 aliphatic carbocycles. The van der Waals surface area contributed by atoms with E-state index in [-0.39, 0.29) is 6.42 Å².